The smallest absolute Gasteiger partial charge is 0.326 e. The van der Waals surface area contributed by atoms with Crippen molar-refractivity contribution in [2.75, 3.05) is 24.7 Å². The third-order valence-corrected chi connectivity index (χ3v) is 4.38. The molecule has 2 heterocycles. The molecule has 0 radical (unpaired) electrons. The Kier molecular flexibility index (Phi) is 2.41. The highest BCUT2D eigenvalue weighted by Crippen LogP contribution is 2.19. The maximum absolute atomic E-state index is 11.4. The van der Waals surface area contributed by atoms with Crippen LogP contribution in [0.3, 0.4) is 0 Å². The van der Waals surface area contributed by atoms with Crippen molar-refractivity contribution < 1.29 is 22.7 Å². The Morgan fingerprint density at radius 3 is 2.67 bits per heavy atom. The molecule has 2 rings (SSSR count). The maximum atomic E-state index is 11.4. The maximum Gasteiger partial charge on any atom is 0.326 e. The van der Waals surface area contributed by atoms with Gasteiger partial charge in [0.25, 0.3) is 5.91 Å². The monoisotopic (exact) mass is 233 g/mol. The molecule has 1 atom stereocenters. The molecule has 2 aliphatic rings. The molecule has 0 bridgehead atoms. The van der Waals surface area contributed by atoms with E-state index in [0.29, 0.717) is 6.42 Å². The predicted molar refractivity (Wildman–Crippen MR) is 49.7 cm³/mol. The molecule has 0 unspecified atom stereocenters. The molecule has 0 saturated carbocycles. The fourth-order valence-electron chi connectivity index (χ4n) is 1.85. The van der Waals surface area contributed by atoms with Gasteiger partial charge in [-0.1, -0.05) is 0 Å². The summed E-state index contributed by atoms with van der Waals surface area (Å²) in [6.45, 7) is -0.394. The molecular weight excluding hydrogens is 222 g/mol. The molecule has 0 aromatic carbocycles. The third kappa shape index (κ3) is 2.11. The van der Waals surface area contributed by atoms with E-state index in [9.17, 15) is 18.0 Å². The first-order valence-electron chi connectivity index (χ1n) is 4.63. The number of amides is 1. The Bertz CT molecular complexity index is 401. The van der Waals surface area contributed by atoms with E-state index in [1.54, 1.807) is 0 Å². The van der Waals surface area contributed by atoms with Gasteiger partial charge < -0.3 is 9.64 Å². The fourth-order valence-corrected chi connectivity index (χ4v) is 3.58. The first kappa shape index (κ1) is 10.4. The number of carbonyl (C=O) groups excluding carboxylic acids is 2. The van der Waals surface area contributed by atoms with Crippen molar-refractivity contribution in [3.8, 4) is 0 Å². The highest BCUT2D eigenvalue weighted by atomic mass is 32.2. The Labute approximate surface area is 87.1 Å². The summed E-state index contributed by atoms with van der Waals surface area (Å²) in [5, 5.41) is 0. The highest BCUT2D eigenvalue weighted by Gasteiger charge is 2.37. The average molecular weight is 233 g/mol. The summed E-state index contributed by atoms with van der Waals surface area (Å²) in [4.78, 5) is 23.7. The van der Waals surface area contributed by atoms with Gasteiger partial charge >= 0.3 is 5.97 Å². The number of morpholine rings is 1. The number of sulfone groups is 1. The van der Waals surface area contributed by atoms with E-state index >= 15 is 0 Å². The standard InChI is InChI=1S/C8H11NO5S/c10-7-4-14-8(11)3-9(7)6-1-2-15(12,13)5-6/h6H,1-5H2/t6-/m0/s1. The van der Waals surface area contributed by atoms with Crippen molar-refractivity contribution in [2.24, 2.45) is 0 Å². The Balaban J connectivity index is 2.10. The van der Waals surface area contributed by atoms with Crippen molar-refractivity contribution in [3.05, 3.63) is 0 Å². The van der Waals surface area contributed by atoms with E-state index in [1.165, 1.54) is 4.90 Å². The summed E-state index contributed by atoms with van der Waals surface area (Å²) in [7, 11) is -3.03. The molecule has 2 saturated heterocycles. The van der Waals surface area contributed by atoms with Gasteiger partial charge in [0.1, 0.15) is 6.54 Å². The normalized spacial score (nSPS) is 30.4. The van der Waals surface area contributed by atoms with Crippen molar-refractivity contribution in [1.82, 2.24) is 4.90 Å². The molecule has 0 aromatic heterocycles. The third-order valence-electron chi connectivity index (χ3n) is 2.63. The van der Waals surface area contributed by atoms with Gasteiger partial charge in [0.2, 0.25) is 0 Å². The van der Waals surface area contributed by atoms with Gasteiger partial charge in [-0.25, -0.2) is 8.42 Å². The first-order valence-corrected chi connectivity index (χ1v) is 6.45. The molecule has 0 aromatic rings. The molecule has 1 amide bonds. The molecule has 0 N–H and O–H groups in total. The van der Waals surface area contributed by atoms with Crippen molar-refractivity contribution in [3.63, 3.8) is 0 Å². The van der Waals surface area contributed by atoms with Crippen LogP contribution in [-0.2, 0) is 24.2 Å². The minimum Gasteiger partial charge on any atom is -0.454 e. The summed E-state index contributed by atoms with van der Waals surface area (Å²) < 4.78 is 27.0. The molecule has 84 valence electrons. The molecule has 2 fully saturated rings. The lowest BCUT2D eigenvalue weighted by atomic mass is 10.2. The molecule has 15 heavy (non-hydrogen) atoms. The molecule has 0 aliphatic carbocycles. The second-order valence-electron chi connectivity index (χ2n) is 3.74. The number of nitrogens with zero attached hydrogens (tertiary/aromatic N) is 1. The quantitative estimate of drug-likeness (QED) is 0.518. The van der Waals surface area contributed by atoms with E-state index in [1.807, 2.05) is 0 Å². The zero-order valence-corrected chi connectivity index (χ0v) is 8.83. The van der Waals surface area contributed by atoms with Gasteiger partial charge in [-0.05, 0) is 6.42 Å². The minimum absolute atomic E-state index is 0.0357. The number of hydrogen-bond acceptors (Lipinski definition) is 5. The Morgan fingerprint density at radius 2 is 2.07 bits per heavy atom. The summed E-state index contributed by atoms with van der Waals surface area (Å²) in [6.07, 6.45) is 0.418. The van der Waals surface area contributed by atoms with Crippen LogP contribution in [-0.4, -0.2) is 55.9 Å². The minimum atomic E-state index is -3.03. The van der Waals surface area contributed by atoms with Gasteiger partial charge in [0, 0.05) is 6.04 Å². The molecule has 6 nitrogen and oxygen atoms in total. The number of rotatable bonds is 1. The lowest BCUT2D eigenvalue weighted by Gasteiger charge is -2.30. The molecule has 0 spiro atoms. The van der Waals surface area contributed by atoms with Crippen LogP contribution in [0.4, 0.5) is 0 Å². The lowest BCUT2D eigenvalue weighted by Crippen LogP contribution is -2.50. The zero-order valence-electron chi connectivity index (χ0n) is 8.01. The van der Waals surface area contributed by atoms with E-state index in [0.717, 1.165) is 0 Å². The Hall–Kier alpha value is -1.11. The number of hydrogen-bond donors (Lipinski definition) is 0. The summed E-state index contributed by atoms with van der Waals surface area (Å²) >= 11 is 0. The number of ether oxygens (including phenoxy) is 1. The van der Waals surface area contributed by atoms with Crippen LogP contribution in [0.2, 0.25) is 0 Å². The van der Waals surface area contributed by atoms with Crippen LogP contribution in [0.1, 0.15) is 6.42 Å². The van der Waals surface area contributed by atoms with Crippen LogP contribution in [0.15, 0.2) is 0 Å². The van der Waals surface area contributed by atoms with Gasteiger partial charge in [0.05, 0.1) is 11.5 Å². The summed E-state index contributed by atoms with van der Waals surface area (Å²) in [5.41, 5.74) is 0. The first-order chi connectivity index (χ1) is 6.98. The van der Waals surface area contributed by atoms with Crippen molar-refractivity contribution >= 4 is 21.7 Å². The van der Waals surface area contributed by atoms with Crippen LogP contribution < -0.4 is 0 Å². The van der Waals surface area contributed by atoms with Gasteiger partial charge in [-0.15, -0.1) is 0 Å². The number of carbonyl (C=O) groups is 2. The predicted octanol–water partition coefficient (Wildman–Crippen LogP) is -1.44. The molecule has 7 heteroatoms. The number of esters is 1. The van der Waals surface area contributed by atoms with Crippen LogP contribution in [0, 0.1) is 0 Å². The largest absolute Gasteiger partial charge is 0.454 e. The summed E-state index contributed by atoms with van der Waals surface area (Å²) in [5.74, 6) is -0.724. The van der Waals surface area contributed by atoms with E-state index in [2.05, 4.69) is 4.74 Å². The average Bonchev–Trinajstić information content (AvgIpc) is 2.50. The van der Waals surface area contributed by atoms with Gasteiger partial charge in [-0.2, -0.15) is 0 Å². The highest BCUT2D eigenvalue weighted by molar-refractivity contribution is 7.91. The number of cyclic esters (lactones) is 1. The van der Waals surface area contributed by atoms with Crippen LogP contribution >= 0.6 is 0 Å². The van der Waals surface area contributed by atoms with E-state index < -0.39 is 15.8 Å². The molecular formula is C8H11NO5S. The SMILES string of the molecule is O=C1CN([C@H]2CCS(=O)(=O)C2)C(=O)CO1. The fraction of sp³-hybridized carbons (Fsp3) is 0.750. The van der Waals surface area contributed by atoms with Crippen molar-refractivity contribution in [2.45, 2.75) is 12.5 Å². The topological polar surface area (TPSA) is 80.8 Å². The molecule has 2 aliphatic heterocycles. The van der Waals surface area contributed by atoms with Crippen LogP contribution in [0.25, 0.3) is 0 Å². The van der Waals surface area contributed by atoms with Gasteiger partial charge in [-0.3, -0.25) is 9.59 Å². The van der Waals surface area contributed by atoms with Crippen LogP contribution in [0.5, 0.6) is 0 Å². The Morgan fingerprint density at radius 1 is 1.33 bits per heavy atom. The van der Waals surface area contributed by atoms with E-state index in [4.69, 9.17) is 0 Å². The zero-order chi connectivity index (χ0) is 11.1. The summed E-state index contributed by atoms with van der Waals surface area (Å²) in [6, 6.07) is -0.352. The van der Waals surface area contributed by atoms with Gasteiger partial charge in [0.15, 0.2) is 16.4 Å². The van der Waals surface area contributed by atoms with E-state index in [-0.39, 0.29) is 36.6 Å². The second kappa shape index (κ2) is 3.48. The van der Waals surface area contributed by atoms with Crippen molar-refractivity contribution in [1.29, 1.82) is 0 Å². The lowest BCUT2D eigenvalue weighted by molar-refractivity contribution is -0.164. The second-order valence-corrected chi connectivity index (χ2v) is 5.97.